The molecule has 2 aromatic carbocycles. The predicted octanol–water partition coefficient (Wildman–Crippen LogP) is 5.39. The van der Waals surface area contributed by atoms with Gasteiger partial charge < -0.3 is 25.2 Å². The highest BCUT2D eigenvalue weighted by Crippen LogP contribution is 2.48. The highest BCUT2D eigenvalue weighted by molar-refractivity contribution is 7.84. The van der Waals surface area contributed by atoms with Crippen LogP contribution in [0.25, 0.3) is 0 Å². The van der Waals surface area contributed by atoms with E-state index < -0.39 is 11.0 Å². The Kier molecular flexibility index (Phi) is 10.6. The van der Waals surface area contributed by atoms with Gasteiger partial charge in [0.25, 0.3) is 5.91 Å². The Hall–Kier alpha value is -2.17. The van der Waals surface area contributed by atoms with Crippen molar-refractivity contribution in [2.75, 3.05) is 44.4 Å². The summed E-state index contributed by atoms with van der Waals surface area (Å²) in [5.74, 6) is 2.02. The maximum atomic E-state index is 13.5. The molecule has 1 saturated carbocycles. The Bertz CT molecular complexity index is 1430. The van der Waals surface area contributed by atoms with Gasteiger partial charge >= 0.3 is 0 Å². The molecular weight excluding hydrogens is 622 g/mol. The van der Waals surface area contributed by atoms with Crippen LogP contribution >= 0.6 is 11.6 Å². The van der Waals surface area contributed by atoms with Crippen molar-refractivity contribution in [3.63, 3.8) is 0 Å². The summed E-state index contributed by atoms with van der Waals surface area (Å²) < 4.78 is 28.9. The fourth-order valence-corrected chi connectivity index (χ4v) is 9.46. The van der Waals surface area contributed by atoms with Gasteiger partial charge in [0.15, 0.2) is 0 Å². The molecule has 1 spiro atoms. The molecule has 2 aliphatic heterocycles. The van der Waals surface area contributed by atoms with E-state index >= 15 is 0 Å². The van der Waals surface area contributed by atoms with Gasteiger partial charge in [-0.1, -0.05) is 31.0 Å². The first kappa shape index (κ1) is 33.7. The molecule has 8 atom stereocenters. The minimum atomic E-state index is -1.51. The Labute approximate surface area is 281 Å². The summed E-state index contributed by atoms with van der Waals surface area (Å²) in [5, 5.41) is 10.0. The molecule has 4 N–H and O–H groups in total. The lowest BCUT2D eigenvalue weighted by Gasteiger charge is -2.47. The molecule has 10 heteroatoms. The molecule has 4 aliphatic rings. The lowest BCUT2D eigenvalue weighted by atomic mass is 9.65. The van der Waals surface area contributed by atoms with Crippen molar-refractivity contribution in [1.29, 1.82) is 0 Å². The highest BCUT2D eigenvalue weighted by Gasteiger charge is 2.44. The summed E-state index contributed by atoms with van der Waals surface area (Å²) in [6.07, 6.45) is 8.36. The molecule has 2 aromatic rings. The predicted molar refractivity (Wildman–Crippen MR) is 184 cm³/mol. The normalized spacial score (nSPS) is 32.3. The highest BCUT2D eigenvalue weighted by atomic mass is 35.5. The van der Waals surface area contributed by atoms with E-state index in [-0.39, 0.29) is 35.1 Å². The number of aliphatic hydroxyl groups is 1. The lowest BCUT2D eigenvalue weighted by Crippen LogP contribution is -2.49. The van der Waals surface area contributed by atoms with E-state index in [0.717, 1.165) is 80.9 Å². The van der Waals surface area contributed by atoms with Crippen LogP contribution in [0.5, 0.6) is 5.75 Å². The van der Waals surface area contributed by atoms with Crippen LogP contribution in [0.3, 0.4) is 0 Å². The van der Waals surface area contributed by atoms with E-state index in [4.69, 9.17) is 26.8 Å². The number of aliphatic hydroxyl groups excluding tert-OH is 1. The number of nitrogens with one attached hydrogen (secondary N) is 1. The van der Waals surface area contributed by atoms with Crippen molar-refractivity contribution >= 4 is 34.2 Å². The third kappa shape index (κ3) is 7.14. The van der Waals surface area contributed by atoms with Gasteiger partial charge in [-0.2, -0.15) is 0 Å². The maximum absolute atomic E-state index is 13.5. The number of nitrogens with zero attached hydrogens (tertiary/aromatic N) is 1. The second kappa shape index (κ2) is 14.5. The number of carbonyl (C=O) groups excluding carboxylic acids is 1. The third-order valence-electron chi connectivity index (χ3n) is 11.3. The first-order valence-corrected chi connectivity index (χ1v) is 18.7. The summed E-state index contributed by atoms with van der Waals surface area (Å²) in [6.45, 7) is 7.19. The number of fused-ring (bicyclic) bond motifs is 4. The zero-order valence-corrected chi connectivity index (χ0v) is 28.8. The van der Waals surface area contributed by atoms with Gasteiger partial charge in [0.1, 0.15) is 16.7 Å². The van der Waals surface area contributed by atoms with Crippen LogP contribution in [-0.4, -0.2) is 66.0 Å². The Morgan fingerprint density at radius 1 is 1.17 bits per heavy atom. The monoisotopic (exact) mass is 671 g/mol. The first-order valence-electron chi connectivity index (χ1n) is 17.1. The van der Waals surface area contributed by atoms with E-state index in [0.29, 0.717) is 43.1 Å². The average molecular weight is 672 g/mol. The van der Waals surface area contributed by atoms with E-state index in [9.17, 15) is 14.1 Å². The van der Waals surface area contributed by atoms with Crippen LogP contribution in [0.15, 0.2) is 36.4 Å². The minimum Gasteiger partial charge on any atom is -0.490 e. The quantitative estimate of drug-likeness (QED) is 0.391. The van der Waals surface area contributed by atoms with Crippen LogP contribution in [0.4, 0.5) is 5.69 Å². The molecular formula is C36H50ClN3O5S. The van der Waals surface area contributed by atoms with Gasteiger partial charge in [-0.05, 0) is 117 Å². The molecule has 1 fully saturated rings. The zero-order chi connectivity index (χ0) is 32.4. The number of hydrogen-bond acceptors (Lipinski definition) is 7. The van der Waals surface area contributed by atoms with Gasteiger partial charge in [0.05, 0.1) is 36.8 Å². The molecule has 46 heavy (non-hydrogen) atoms. The molecule has 0 radical (unpaired) electrons. The van der Waals surface area contributed by atoms with Crippen LogP contribution in [0, 0.1) is 23.7 Å². The second-order valence-corrected chi connectivity index (χ2v) is 16.3. The number of aryl methyl sites for hydroxylation is 1. The van der Waals surface area contributed by atoms with E-state index in [1.807, 2.05) is 25.1 Å². The molecule has 2 heterocycles. The van der Waals surface area contributed by atoms with Crippen molar-refractivity contribution in [2.45, 2.75) is 81.9 Å². The molecule has 2 aliphatic carbocycles. The lowest BCUT2D eigenvalue weighted by molar-refractivity contribution is 0.0108. The zero-order valence-electron chi connectivity index (χ0n) is 27.2. The van der Waals surface area contributed by atoms with Gasteiger partial charge in [-0.25, -0.2) is 4.21 Å². The largest absolute Gasteiger partial charge is 0.490 e. The number of hydrogen-bond donors (Lipinski definition) is 3. The van der Waals surface area contributed by atoms with Crippen molar-refractivity contribution in [2.24, 2.45) is 29.4 Å². The van der Waals surface area contributed by atoms with Crippen molar-refractivity contribution < 1.29 is 23.6 Å². The topological polar surface area (TPSA) is 114 Å². The van der Waals surface area contributed by atoms with Gasteiger partial charge in [-0.3, -0.25) is 9.52 Å². The molecule has 1 amide bonds. The van der Waals surface area contributed by atoms with Crippen LogP contribution in [0.2, 0.25) is 5.02 Å². The second-order valence-electron chi connectivity index (χ2n) is 14.4. The molecule has 2 bridgehead atoms. The fraction of sp³-hybridized carbons (Fsp3) is 0.639. The Balaban J connectivity index is 1.36. The first-order chi connectivity index (χ1) is 22.2. The standard InChI is InChI=1S/C36H50ClN3O5S/c1-23-5-3-6-28(19-44-20-30(38)18-41)31-11-8-27(31)17-40-21-36(14-4-7-25-15-29(37)10-12-32(25)36)22-45-34-13-9-26(16-33(34)40)35(42)39-46(43)24(23)2/h9-10,12-13,15-16,23-24,27-28,30-31,41H,3-8,11,14,17-22,38H2,1-2H3,(H,39,42)/t23?,24?,27?,28?,30?,31?,36-,46?/m0/s1. The number of halogens is 1. The number of benzene rings is 2. The number of amides is 1. The Morgan fingerprint density at radius 2 is 2.02 bits per heavy atom. The van der Waals surface area contributed by atoms with Gasteiger partial charge in [-0.15, -0.1) is 0 Å². The summed E-state index contributed by atoms with van der Waals surface area (Å²) >= 11 is 6.45. The van der Waals surface area contributed by atoms with Crippen LogP contribution < -0.4 is 20.1 Å². The van der Waals surface area contributed by atoms with Crippen LogP contribution in [-0.2, 0) is 27.6 Å². The van der Waals surface area contributed by atoms with E-state index in [2.05, 4.69) is 28.7 Å². The summed E-state index contributed by atoms with van der Waals surface area (Å²) in [7, 11) is -1.51. The van der Waals surface area contributed by atoms with Crippen LogP contribution in [0.1, 0.15) is 80.3 Å². The number of ether oxygens (including phenoxy) is 2. The average Bonchev–Trinajstić information content (AvgIpc) is 3.18. The molecule has 6 rings (SSSR count). The summed E-state index contributed by atoms with van der Waals surface area (Å²) in [6, 6.07) is 11.6. The number of anilines is 1. The number of nitrogens with two attached hydrogens (primary N) is 1. The smallest absolute Gasteiger partial charge is 0.263 e. The SMILES string of the molecule is CC1CCCC(COCC(N)CO)C2CCC2CN2C[C@@]3(CCCc4cc(Cl)ccc43)COc3ccc(cc32)C(=O)NS(=O)C1C. The van der Waals surface area contributed by atoms with Gasteiger partial charge in [0, 0.05) is 35.7 Å². The summed E-state index contributed by atoms with van der Waals surface area (Å²) in [4.78, 5) is 15.9. The number of carbonyl (C=O) groups is 1. The van der Waals surface area contributed by atoms with Crippen molar-refractivity contribution in [1.82, 2.24) is 4.72 Å². The van der Waals surface area contributed by atoms with E-state index in [1.165, 1.54) is 11.1 Å². The molecule has 0 aromatic heterocycles. The van der Waals surface area contributed by atoms with Gasteiger partial charge in [0.2, 0.25) is 0 Å². The Morgan fingerprint density at radius 3 is 2.80 bits per heavy atom. The van der Waals surface area contributed by atoms with Crippen molar-refractivity contribution in [3.8, 4) is 5.75 Å². The maximum Gasteiger partial charge on any atom is 0.263 e. The minimum absolute atomic E-state index is 0.0880. The molecule has 0 saturated heterocycles. The molecule has 252 valence electrons. The summed E-state index contributed by atoms with van der Waals surface area (Å²) in [5.41, 5.74) is 9.81. The molecule has 8 nitrogen and oxygen atoms in total. The fourth-order valence-electron chi connectivity index (χ4n) is 8.22. The van der Waals surface area contributed by atoms with E-state index in [1.54, 1.807) is 6.07 Å². The third-order valence-corrected chi connectivity index (χ3v) is 13.1. The number of rotatable bonds is 5. The molecule has 7 unspecified atom stereocenters. The van der Waals surface area contributed by atoms with Crippen molar-refractivity contribution in [3.05, 3.63) is 58.1 Å².